The van der Waals surface area contributed by atoms with E-state index in [1.807, 2.05) is 29.8 Å². The highest BCUT2D eigenvalue weighted by atomic mass is 19.4. The highest BCUT2D eigenvalue weighted by Gasteiger charge is 2.31. The molecule has 1 amide bonds. The molecular formula is C27H30F3N5O4. The molecule has 39 heavy (non-hydrogen) atoms. The first-order valence-electron chi connectivity index (χ1n) is 12.3. The van der Waals surface area contributed by atoms with Crippen molar-refractivity contribution in [1.82, 2.24) is 19.9 Å². The molecule has 2 aromatic heterocycles. The van der Waals surface area contributed by atoms with E-state index in [0.29, 0.717) is 31.1 Å². The standard InChI is InChI=1S/C27H30F3N5O4/c1-17-13-18(7-8-22(17)38-19-5-4-6-20(14-19)39-27(28,29)30)34-25-24-21(32-16-33-25)9-11-35(24)12-10-31-23(36)15-26(2,3)37/h4-9,11,14,16,18,37H,10,12-13,15H2,1-3H3,(H,31,36)(H,32,33,34). The summed E-state index contributed by atoms with van der Waals surface area (Å²) in [4.78, 5) is 20.8. The van der Waals surface area contributed by atoms with E-state index in [-0.39, 0.29) is 29.9 Å². The summed E-state index contributed by atoms with van der Waals surface area (Å²) in [6, 6.07) is 7.12. The Balaban J connectivity index is 1.40. The number of hydrogen-bond acceptors (Lipinski definition) is 7. The van der Waals surface area contributed by atoms with Crippen LogP contribution in [0.3, 0.4) is 0 Å². The Morgan fingerprint density at radius 3 is 2.69 bits per heavy atom. The normalized spacial score (nSPS) is 15.9. The molecule has 1 aliphatic carbocycles. The van der Waals surface area contributed by atoms with Gasteiger partial charge in [0.05, 0.1) is 23.6 Å². The van der Waals surface area contributed by atoms with Crippen LogP contribution in [-0.2, 0) is 11.3 Å². The second kappa shape index (κ2) is 11.4. The van der Waals surface area contributed by atoms with Gasteiger partial charge in [-0.05, 0) is 57.0 Å². The van der Waals surface area contributed by atoms with Crippen LogP contribution >= 0.6 is 0 Å². The molecule has 1 aliphatic rings. The Morgan fingerprint density at radius 2 is 1.97 bits per heavy atom. The number of carbonyl (C=O) groups is 1. The molecular weight excluding hydrogens is 515 g/mol. The fraction of sp³-hybridized carbons (Fsp3) is 0.370. The summed E-state index contributed by atoms with van der Waals surface area (Å²) in [6.07, 6.45) is 2.81. The van der Waals surface area contributed by atoms with Gasteiger partial charge in [-0.1, -0.05) is 12.1 Å². The highest BCUT2D eigenvalue weighted by Crippen LogP contribution is 2.30. The Hall–Kier alpha value is -4.06. The molecule has 0 spiro atoms. The first-order chi connectivity index (χ1) is 18.4. The van der Waals surface area contributed by atoms with Crippen LogP contribution in [0, 0.1) is 0 Å². The molecule has 208 valence electrons. The van der Waals surface area contributed by atoms with E-state index in [1.54, 1.807) is 26.0 Å². The van der Waals surface area contributed by atoms with Crippen molar-refractivity contribution in [3.05, 3.63) is 66.3 Å². The Morgan fingerprint density at radius 1 is 1.21 bits per heavy atom. The van der Waals surface area contributed by atoms with Crippen molar-refractivity contribution in [1.29, 1.82) is 0 Å². The Bertz CT molecular complexity index is 1390. The molecule has 1 unspecified atom stereocenters. The number of nitrogens with one attached hydrogen (secondary N) is 2. The summed E-state index contributed by atoms with van der Waals surface area (Å²) in [5, 5.41) is 16.0. The zero-order valence-corrected chi connectivity index (χ0v) is 21.7. The Kier molecular flexibility index (Phi) is 8.14. The van der Waals surface area contributed by atoms with Crippen LogP contribution in [0.4, 0.5) is 19.0 Å². The van der Waals surface area contributed by atoms with Crippen molar-refractivity contribution in [2.24, 2.45) is 0 Å². The van der Waals surface area contributed by atoms with E-state index in [0.717, 1.165) is 16.6 Å². The van der Waals surface area contributed by atoms with E-state index >= 15 is 0 Å². The number of fused-ring (bicyclic) bond motifs is 1. The van der Waals surface area contributed by atoms with Gasteiger partial charge in [0.25, 0.3) is 0 Å². The number of nitrogens with zero attached hydrogens (tertiary/aromatic N) is 3. The van der Waals surface area contributed by atoms with Gasteiger partial charge in [0, 0.05) is 25.4 Å². The molecule has 3 aromatic rings. The number of hydrogen-bond donors (Lipinski definition) is 3. The van der Waals surface area contributed by atoms with Crippen molar-refractivity contribution in [2.75, 3.05) is 11.9 Å². The van der Waals surface area contributed by atoms with Crippen molar-refractivity contribution in [3.63, 3.8) is 0 Å². The van der Waals surface area contributed by atoms with Crippen molar-refractivity contribution in [2.45, 2.75) is 58.2 Å². The SMILES string of the molecule is CC1=C(Oc2cccc(OC(F)(F)F)c2)C=CC(Nc2ncnc3ccn(CCNC(=O)CC(C)(C)O)c23)C1. The summed E-state index contributed by atoms with van der Waals surface area (Å²) < 4.78 is 49.4. The third-order valence-electron chi connectivity index (χ3n) is 5.83. The first-order valence-corrected chi connectivity index (χ1v) is 12.3. The quantitative estimate of drug-likeness (QED) is 0.339. The summed E-state index contributed by atoms with van der Waals surface area (Å²) in [5.74, 6) is 0.796. The van der Waals surface area contributed by atoms with Crippen LogP contribution in [-0.4, -0.2) is 50.1 Å². The van der Waals surface area contributed by atoms with Gasteiger partial charge in [-0.15, -0.1) is 13.2 Å². The van der Waals surface area contributed by atoms with Gasteiger partial charge in [0.2, 0.25) is 5.91 Å². The average molecular weight is 546 g/mol. The van der Waals surface area contributed by atoms with Crippen molar-refractivity contribution < 1.29 is 32.5 Å². The highest BCUT2D eigenvalue weighted by molar-refractivity contribution is 5.86. The second-order valence-electron chi connectivity index (χ2n) is 9.89. The van der Waals surface area contributed by atoms with Crippen LogP contribution in [0.15, 0.2) is 66.3 Å². The molecule has 1 atom stereocenters. The van der Waals surface area contributed by atoms with Crippen LogP contribution < -0.4 is 20.1 Å². The van der Waals surface area contributed by atoms with E-state index in [4.69, 9.17) is 4.74 Å². The summed E-state index contributed by atoms with van der Waals surface area (Å²) in [5.41, 5.74) is 1.35. The molecule has 12 heteroatoms. The van der Waals surface area contributed by atoms with Crippen LogP contribution in [0.2, 0.25) is 0 Å². The topological polar surface area (TPSA) is 111 Å². The number of benzene rings is 1. The average Bonchev–Trinajstić information content (AvgIpc) is 3.23. The van der Waals surface area contributed by atoms with Gasteiger partial charge < -0.3 is 29.8 Å². The number of carbonyl (C=O) groups excluding carboxylic acids is 1. The molecule has 2 heterocycles. The molecule has 0 fully saturated rings. The molecule has 0 saturated heterocycles. The van der Waals surface area contributed by atoms with Gasteiger partial charge in [0.15, 0.2) is 5.82 Å². The lowest BCUT2D eigenvalue weighted by Gasteiger charge is -2.23. The number of ether oxygens (including phenoxy) is 2. The molecule has 0 radical (unpaired) electrons. The zero-order chi connectivity index (χ0) is 28.2. The van der Waals surface area contributed by atoms with Gasteiger partial charge >= 0.3 is 6.36 Å². The maximum absolute atomic E-state index is 12.5. The maximum Gasteiger partial charge on any atom is 0.573 e. The zero-order valence-electron chi connectivity index (χ0n) is 21.7. The predicted octanol–water partition coefficient (Wildman–Crippen LogP) is 4.70. The smallest absolute Gasteiger partial charge is 0.457 e. The predicted molar refractivity (Wildman–Crippen MR) is 139 cm³/mol. The fourth-order valence-electron chi connectivity index (χ4n) is 4.20. The van der Waals surface area contributed by atoms with Crippen molar-refractivity contribution in [3.8, 4) is 11.5 Å². The summed E-state index contributed by atoms with van der Waals surface area (Å²) >= 11 is 0. The summed E-state index contributed by atoms with van der Waals surface area (Å²) in [6.45, 7) is 5.90. The first kappa shape index (κ1) is 28.0. The number of rotatable bonds is 10. The summed E-state index contributed by atoms with van der Waals surface area (Å²) in [7, 11) is 0. The lowest BCUT2D eigenvalue weighted by atomic mass is 10.0. The molecule has 9 nitrogen and oxygen atoms in total. The molecule has 0 aliphatic heterocycles. The number of anilines is 1. The van der Waals surface area contributed by atoms with Crippen molar-refractivity contribution >= 4 is 22.8 Å². The van der Waals surface area contributed by atoms with Crippen LogP contribution in [0.5, 0.6) is 11.5 Å². The van der Waals surface area contributed by atoms with Gasteiger partial charge in [0.1, 0.15) is 29.1 Å². The molecule has 3 N–H and O–H groups in total. The molecule has 1 aromatic carbocycles. The van der Waals surface area contributed by atoms with Gasteiger partial charge in [-0.2, -0.15) is 0 Å². The molecule has 4 rings (SSSR count). The monoisotopic (exact) mass is 545 g/mol. The third-order valence-corrected chi connectivity index (χ3v) is 5.83. The number of aromatic nitrogens is 3. The van der Waals surface area contributed by atoms with E-state index in [9.17, 15) is 23.1 Å². The number of aliphatic hydroxyl groups is 1. The van der Waals surface area contributed by atoms with E-state index in [1.165, 1.54) is 24.5 Å². The van der Waals surface area contributed by atoms with Gasteiger partial charge in [-0.3, -0.25) is 4.79 Å². The number of alkyl halides is 3. The van der Waals surface area contributed by atoms with E-state index in [2.05, 4.69) is 25.3 Å². The van der Waals surface area contributed by atoms with E-state index < -0.39 is 12.0 Å². The lowest BCUT2D eigenvalue weighted by Crippen LogP contribution is -2.33. The van der Waals surface area contributed by atoms with Crippen LogP contribution in [0.25, 0.3) is 11.0 Å². The lowest BCUT2D eigenvalue weighted by molar-refractivity contribution is -0.274. The van der Waals surface area contributed by atoms with Crippen LogP contribution in [0.1, 0.15) is 33.6 Å². The fourth-order valence-corrected chi connectivity index (χ4v) is 4.20. The minimum Gasteiger partial charge on any atom is -0.457 e. The van der Waals surface area contributed by atoms with Gasteiger partial charge in [-0.25, -0.2) is 9.97 Å². The second-order valence-corrected chi connectivity index (χ2v) is 9.89. The number of halogens is 3. The Labute approximate surface area is 223 Å². The third kappa shape index (κ3) is 7.96. The maximum atomic E-state index is 12.5. The minimum absolute atomic E-state index is 0.00863. The number of amides is 1. The number of allylic oxidation sites excluding steroid dienone is 1. The molecule has 0 bridgehead atoms. The minimum atomic E-state index is -4.78. The molecule has 0 saturated carbocycles. The largest absolute Gasteiger partial charge is 0.573 e.